The van der Waals surface area contributed by atoms with Crippen molar-refractivity contribution in [2.75, 3.05) is 11.9 Å². The van der Waals surface area contributed by atoms with Crippen LogP contribution in [0.3, 0.4) is 0 Å². The van der Waals surface area contributed by atoms with Crippen molar-refractivity contribution >= 4 is 34.8 Å². The van der Waals surface area contributed by atoms with Crippen LogP contribution in [0, 0.1) is 0 Å². The lowest BCUT2D eigenvalue weighted by molar-refractivity contribution is 0.0959. The third-order valence-corrected chi connectivity index (χ3v) is 4.42. The monoisotopic (exact) mass is 335 g/mol. The summed E-state index contributed by atoms with van der Waals surface area (Å²) in [7, 11) is 2.03. The Balaban J connectivity index is 1.62. The first kappa shape index (κ1) is 16.0. The van der Waals surface area contributed by atoms with E-state index in [1.807, 2.05) is 61.0 Å². The lowest BCUT2D eigenvalue weighted by Gasteiger charge is -2.19. The van der Waals surface area contributed by atoms with Crippen molar-refractivity contribution in [1.29, 1.82) is 0 Å². The number of nitrogens with zero attached hydrogens (tertiary/aromatic N) is 2. The molecular formula is C19H17N3OS. The van der Waals surface area contributed by atoms with E-state index in [1.165, 1.54) is 11.3 Å². The summed E-state index contributed by atoms with van der Waals surface area (Å²) in [6.07, 6.45) is 1.64. The number of rotatable bonds is 5. The van der Waals surface area contributed by atoms with Crippen LogP contribution in [0.2, 0.25) is 0 Å². The first-order valence-corrected chi connectivity index (χ1v) is 8.38. The molecule has 3 aromatic rings. The van der Waals surface area contributed by atoms with Crippen LogP contribution in [-0.4, -0.2) is 19.2 Å². The van der Waals surface area contributed by atoms with Gasteiger partial charge in [0.1, 0.15) is 0 Å². The predicted molar refractivity (Wildman–Crippen MR) is 100 cm³/mol. The van der Waals surface area contributed by atoms with Gasteiger partial charge in [-0.1, -0.05) is 36.4 Å². The second-order valence-corrected chi connectivity index (χ2v) is 6.11. The Labute approximate surface area is 145 Å². The molecule has 120 valence electrons. The van der Waals surface area contributed by atoms with Crippen molar-refractivity contribution in [2.45, 2.75) is 0 Å². The Hall–Kier alpha value is -2.92. The lowest BCUT2D eigenvalue weighted by Crippen LogP contribution is -2.16. The maximum atomic E-state index is 11.8. The molecular weight excluding hydrogens is 318 g/mol. The van der Waals surface area contributed by atoms with Gasteiger partial charge >= 0.3 is 0 Å². The molecule has 4 nitrogen and oxygen atoms in total. The number of hydrogen-bond donors (Lipinski definition) is 1. The van der Waals surface area contributed by atoms with E-state index in [0.717, 1.165) is 16.9 Å². The highest BCUT2D eigenvalue weighted by Gasteiger charge is 2.04. The van der Waals surface area contributed by atoms with Crippen molar-refractivity contribution in [2.24, 2.45) is 5.10 Å². The molecule has 5 heteroatoms. The van der Waals surface area contributed by atoms with E-state index in [2.05, 4.69) is 27.6 Å². The zero-order valence-electron chi connectivity index (χ0n) is 13.2. The maximum absolute atomic E-state index is 11.8. The van der Waals surface area contributed by atoms with Crippen molar-refractivity contribution in [3.63, 3.8) is 0 Å². The number of nitrogens with one attached hydrogen (secondary N) is 1. The minimum absolute atomic E-state index is 0.193. The number of para-hydroxylation sites is 1. The molecule has 0 atom stereocenters. The maximum Gasteiger partial charge on any atom is 0.281 e. The summed E-state index contributed by atoms with van der Waals surface area (Å²) in [4.78, 5) is 14.5. The molecule has 0 saturated carbocycles. The summed E-state index contributed by atoms with van der Waals surface area (Å²) in [5, 5.41) is 5.86. The summed E-state index contributed by atoms with van der Waals surface area (Å²) in [5.74, 6) is -0.193. The van der Waals surface area contributed by atoms with E-state index in [-0.39, 0.29) is 5.91 Å². The Morgan fingerprint density at radius 3 is 2.38 bits per heavy atom. The summed E-state index contributed by atoms with van der Waals surface area (Å²) in [5.41, 5.74) is 5.66. The summed E-state index contributed by atoms with van der Waals surface area (Å²) < 4.78 is 0. The van der Waals surface area contributed by atoms with Crippen LogP contribution in [0.15, 0.2) is 77.2 Å². The van der Waals surface area contributed by atoms with E-state index < -0.39 is 0 Å². The molecule has 0 fully saturated rings. The first-order valence-electron chi connectivity index (χ1n) is 7.50. The molecule has 2 aromatic carbocycles. The van der Waals surface area contributed by atoms with E-state index in [1.54, 1.807) is 12.3 Å². The number of amides is 1. The van der Waals surface area contributed by atoms with E-state index in [0.29, 0.717) is 4.88 Å². The molecule has 1 N–H and O–H groups in total. The average molecular weight is 335 g/mol. The van der Waals surface area contributed by atoms with Gasteiger partial charge in [0, 0.05) is 18.4 Å². The minimum Gasteiger partial charge on any atom is -0.345 e. The molecule has 1 aromatic heterocycles. The molecule has 0 saturated heterocycles. The quantitative estimate of drug-likeness (QED) is 0.559. The highest BCUT2D eigenvalue weighted by molar-refractivity contribution is 7.12. The number of hydrazone groups is 1. The smallest absolute Gasteiger partial charge is 0.281 e. The summed E-state index contributed by atoms with van der Waals surface area (Å²) in [6, 6.07) is 21.8. The van der Waals surface area contributed by atoms with Crippen LogP contribution in [-0.2, 0) is 0 Å². The third kappa shape index (κ3) is 3.88. The third-order valence-electron chi connectivity index (χ3n) is 3.55. The fraction of sp³-hybridized carbons (Fsp3) is 0.0526. The van der Waals surface area contributed by atoms with Gasteiger partial charge in [0.25, 0.3) is 5.91 Å². The van der Waals surface area contributed by atoms with Gasteiger partial charge in [0.15, 0.2) is 0 Å². The van der Waals surface area contributed by atoms with Gasteiger partial charge in [-0.15, -0.1) is 11.3 Å². The second-order valence-electron chi connectivity index (χ2n) is 5.16. The van der Waals surface area contributed by atoms with Gasteiger partial charge < -0.3 is 4.90 Å². The summed E-state index contributed by atoms with van der Waals surface area (Å²) in [6.45, 7) is 0. The van der Waals surface area contributed by atoms with Gasteiger partial charge in [-0.05, 0) is 41.3 Å². The number of carbonyl (C=O) groups is 1. The van der Waals surface area contributed by atoms with Gasteiger partial charge in [-0.2, -0.15) is 5.10 Å². The fourth-order valence-electron chi connectivity index (χ4n) is 2.21. The average Bonchev–Trinajstić information content (AvgIpc) is 3.17. The Kier molecular flexibility index (Phi) is 5.03. The lowest BCUT2D eigenvalue weighted by atomic mass is 10.2. The van der Waals surface area contributed by atoms with Crippen LogP contribution in [0.25, 0.3) is 0 Å². The van der Waals surface area contributed by atoms with Crippen molar-refractivity contribution in [3.8, 4) is 0 Å². The number of hydrogen-bond acceptors (Lipinski definition) is 4. The van der Waals surface area contributed by atoms with Crippen LogP contribution < -0.4 is 10.3 Å². The van der Waals surface area contributed by atoms with E-state index in [9.17, 15) is 4.79 Å². The molecule has 0 aliphatic rings. The van der Waals surface area contributed by atoms with Crippen LogP contribution in [0.4, 0.5) is 11.4 Å². The molecule has 3 rings (SSSR count). The Morgan fingerprint density at radius 2 is 1.71 bits per heavy atom. The predicted octanol–water partition coefficient (Wildman–Crippen LogP) is 4.28. The topological polar surface area (TPSA) is 44.7 Å². The zero-order valence-corrected chi connectivity index (χ0v) is 14.0. The molecule has 1 heterocycles. The van der Waals surface area contributed by atoms with Crippen LogP contribution >= 0.6 is 11.3 Å². The van der Waals surface area contributed by atoms with Crippen LogP contribution in [0.1, 0.15) is 15.2 Å². The van der Waals surface area contributed by atoms with Gasteiger partial charge in [-0.25, -0.2) is 5.43 Å². The fourth-order valence-corrected chi connectivity index (χ4v) is 2.83. The Morgan fingerprint density at radius 1 is 1.00 bits per heavy atom. The highest BCUT2D eigenvalue weighted by Crippen LogP contribution is 2.22. The molecule has 0 unspecified atom stereocenters. The molecule has 0 radical (unpaired) electrons. The van der Waals surface area contributed by atoms with Crippen molar-refractivity contribution < 1.29 is 4.79 Å². The molecule has 1 amide bonds. The standard InChI is InChI=1S/C19H17N3OS/c1-22(16-6-3-2-4-7-16)17-11-9-15(10-12-17)14-20-21-19(23)18-8-5-13-24-18/h2-14H,1H3,(H,21,23)/b20-14+. The second kappa shape index (κ2) is 7.57. The van der Waals surface area contributed by atoms with Crippen molar-refractivity contribution in [1.82, 2.24) is 5.43 Å². The summed E-state index contributed by atoms with van der Waals surface area (Å²) >= 11 is 1.39. The SMILES string of the molecule is CN(c1ccccc1)c1ccc(/C=N/NC(=O)c2cccs2)cc1. The molecule has 0 spiro atoms. The molecule has 24 heavy (non-hydrogen) atoms. The molecule has 0 bridgehead atoms. The van der Waals surface area contributed by atoms with Gasteiger partial charge in [0.05, 0.1) is 11.1 Å². The van der Waals surface area contributed by atoms with Crippen molar-refractivity contribution in [3.05, 3.63) is 82.6 Å². The largest absolute Gasteiger partial charge is 0.345 e. The van der Waals surface area contributed by atoms with Crippen LogP contribution in [0.5, 0.6) is 0 Å². The van der Waals surface area contributed by atoms with E-state index in [4.69, 9.17) is 0 Å². The Bertz CT molecular complexity index is 812. The number of carbonyl (C=O) groups excluding carboxylic acids is 1. The minimum atomic E-state index is -0.193. The van der Waals surface area contributed by atoms with E-state index >= 15 is 0 Å². The molecule has 0 aliphatic carbocycles. The zero-order chi connectivity index (χ0) is 16.8. The van der Waals surface area contributed by atoms with Gasteiger partial charge in [0.2, 0.25) is 0 Å². The number of thiophene rings is 1. The normalized spacial score (nSPS) is 10.7. The number of benzene rings is 2. The van der Waals surface area contributed by atoms with Gasteiger partial charge in [-0.3, -0.25) is 4.79 Å². The first-order chi connectivity index (χ1) is 11.7. The number of anilines is 2. The highest BCUT2D eigenvalue weighted by atomic mass is 32.1. The molecule has 0 aliphatic heterocycles.